The van der Waals surface area contributed by atoms with Crippen molar-refractivity contribution < 1.29 is 9.32 Å². The molecule has 0 aliphatic rings. The molecule has 0 bridgehead atoms. The first kappa shape index (κ1) is 17.2. The van der Waals surface area contributed by atoms with Crippen molar-refractivity contribution in [2.24, 2.45) is 0 Å². The fourth-order valence-corrected chi connectivity index (χ4v) is 3.06. The summed E-state index contributed by atoms with van der Waals surface area (Å²) in [7, 11) is 0. The van der Waals surface area contributed by atoms with Crippen molar-refractivity contribution in [3.05, 3.63) is 47.1 Å². The molecule has 0 spiro atoms. The van der Waals surface area contributed by atoms with Crippen LogP contribution in [0.3, 0.4) is 0 Å². The van der Waals surface area contributed by atoms with Gasteiger partial charge >= 0.3 is 0 Å². The van der Waals surface area contributed by atoms with Gasteiger partial charge in [0.1, 0.15) is 11.4 Å². The highest BCUT2D eigenvalue weighted by Crippen LogP contribution is 2.22. The Kier molecular flexibility index (Phi) is 4.88. The molecule has 1 N–H and O–H groups in total. The van der Waals surface area contributed by atoms with Gasteiger partial charge < -0.3 is 14.4 Å². The van der Waals surface area contributed by atoms with E-state index in [4.69, 9.17) is 4.52 Å². The number of carbonyl (C=O) groups excluding carboxylic acids is 1. The minimum Gasteiger partial charge on any atom is -0.360 e. The van der Waals surface area contributed by atoms with E-state index < -0.39 is 0 Å². The Labute approximate surface area is 147 Å². The average Bonchev–Trinajstić information content (AvgIpc) is 3.11. The number of nitrogens with one attached hydrogen (secondary N) is 1. The van der Waals surface area contributed by atoms with Gasteiger partial charge in [0.15, 0.2) is 5.76 Å². The van der Waals surface area contributed by atoms with Crippen LogP contribution in [0.2, 0.25) is 0 Å². The highest BCUT2D eigenvalue weighted by atomic mass is 16.5. The molecule has 0 radical (unpaired) electrons. The molecule has 0 aliphatic heterocycles. The second kappa shape index (κ2) is 7.09. The topological polar surface area (TPSA) is 73.0 Å². The van der Waals surface area contributed by atoms with Crippen LogP contribution in [0.25, 0.3) is 11.0 Å². The van der Waals surface area contributed by atoms with Gasteiger partial charge in [-0.3, -0.25) is 4.79 Å². The summed E-state index contributed by atoms with van der Waals surface area (Å²) in [6, 6.07) is 8.10. The Morgan fingerprint density at radius 2 is 2.04 bits per heavy atom. The minimum atomic E-state index is -0.116. The van der Waals surface area contributed by atoms with E-state index in [-0.39, 0.29) is 11.8 Å². The normalized spacial score (nSPS) is 11.4. The van der Waals surface area contributed by atoms with E-state index in [1.165, 1.54) is 0 Å². The van der Waals surface area contributed by atoms with Crippen LogP contribution < -0.4 is 5.32 Å². The summed E-state index contributed by atoms with van der Waals surface area (Å²) in [5.41, 5.74) is 3.34. The summed E-state index contributed by atoms with van der Waals surface area (Å²) in [5, 5.41) is 6.90. The van der Waals surface area contributed by atoms with E-state index in [9.17, 15) is 4.79 Å². The Bertz CT molecular complexity index is 892. The van der Waals surface area contributed by atoms with E-state index >= 15 is 0 Å². The highest BCUT2D eigenvalue weighted by Gasteiger charge is 2.22. The number of hydrogen-bond acceptors (Lipinski definition) is 4. The zero-order valence-corrected chi connectivity index (χ0v) is 15.2. The maximum atomic E-state index is 12.5. The number of hydrogen-bond donors (Lipinski definition) is 1. The summed E-state index contributed by atoms with van der Waals surface area (Å²) >= 11 is 0. The Balaban J connectivity index is 1.61. The van der Waals surface area contributed by atoms with Crippen LogP contribution in [0.4, 0.5) is 0 Å². The van der Waals surface area contributed by atoms with Crippen LogP contribution in [0, 0.1) is 13.8 Å². The van der Waals surface area contributed by atoms with Gasteiger partial charge in [-0.25, -0.2) is 4.98 Å². The van der Waals surface area contributed by atoms with Crippen LogP contribution >= 0.6 is 0 Å². The molecule has 25 heavy (non-hydrogen) atoms. The van der Waals surface area contributed by atoms with E-state index in [2.05, 4.69) is 26.1 Å². The molecule has 0 aliphatic carbocycles. The van der Waals surface area contributed by atoms with Crippen LogP contribution in [-0.2, 0) is 6.54 Å². The summed E-state index contributed by atoms with van der Waals surface area (Å²) in [4.78, 5) is 17.0. The zero-order chi connectivity index (χ0) is 18.0. The molecule has 0 atom stereocenters. The lowest BCUT2D eigenvalue weighted by Crippen LogP contribution is -2.26. The number of benzene rings is 1. The smallest absolute Gasteiger partial charge is 0.256 e. The molecule has 6 nitrogen and oxygen atoms in total. The lowest BCUT2D eigenvalue weighted by Gasteiger charge is -2.09. The van der Waals surface area contributed by atoms with E-state index in [1.54, 1.807) is 6.92 Å². The van der Waals surface area contributed by atoms with Gasteiger partial charge in [0.2, 0.25) is 0 Å². The molecule has 3 rings (SSSR count). The van der Waals surface area contributed by atoms with Gasteiger partial charge in [0.05, 0.1) is 16.7 Å². The summed E-state index contributed by atoms with van der Waals surface area (Å²) in [6.07, 6.45) is 0.828. The number of rotatable bonds is 6. The van der Waals surface area contributed by atoms with Crippen molar-refractivity contribution in [2.45, 2.75) is 46.6 Å². The van der Waals surface area contributed by atoms with Crippen LogP contribution in [0.15, 0.2) is 28.8 Å². The standard InChI is InChI=1S/C19H24N4O2/c1-12(2)18-17(13(3)22-25-18)19(24)20-10-7-11-23-14(4)21-15-8-5-6-9-16(15)23/h5-6,8-9,12H,7,10-11H2,1-4H3,(H,20,24). The third-order valence-corrected chi connectivity index (χ3v) is 4.33. The van der Waals surface area contributed by atoms with Crippen molar-refractivity contribution in [3.8, 4) is 0 Å². The number of para-hydroxylation sites is 2. The lowest BCUT2D eigenvalue weighted by molar-refractivity contribution is 0.0949. The number of nitrogens with zero attached hydrogens (tertiary/aromatic N) is 3. The van der Waals surface area contributed by atoms with Gasteiger partial charge in [-0.2, -0.15) is 0 Å². The molecule has 132 valence electrons. The summed E-state index contributed by atoms with van der Waals surface area (Å²) in [6.45, 7) is 9.19. The zero-order valence-electron chi connectivity index (χ0n) is 15.2. The first-order chi connectivity index (χ1) is 12.0. The van der Waals surface area contributed by atoms with Gasteiger partial charge in [-0.1, -0.05) is 31.1 Å². The molecule has 2 aromatic heterocycles. The molecule has 0 fully saturated rings. The summed E-state index contributed by atoms with van der Waals surface area (Å²) in [5.74, 6) is 1.65. The molecule has 0 unspecified atom stereocenters. The van der Waals surface area contributed by atoms with Crippen molar-refractivity contribution in [3.63, 3.8) is 0 Å². The Morgan fingerprint density at radius 1 is 1.28 bits per heavy atom. The van der Waals surface area contributed by atoms with Crippen molar-refractivity contribution in [1.82, 2.24) is 20.0 Å². The van der Waals surface area contributed by atoms with Crippen molar-refractivity contribution in [1.29, 1.82) is 0 Å². The largest absolute Gasteiger partial charge is 0.360 e. The summed E-state index contributed by atoms with van der Waals surface area (Å²) < 4.78 is 7.47. The molecular weight excluding hydrogens is 316 g/mol. The fourth-order valence-electron chi connectivity index (χ4n) is 3.06. The van der Waals surface area contributed by atoms with Crippen molar-refractivity contribution in [2.75, 3.05) is 6.54 Å². The Hall–Kier alpha value is -2.63. The fraction of sp³-hybridized carbons (Fsp3) is 0.421. The lowest BCUT2D eigenvalue weighted by atomic mass is 10.0. The molecular formula is C19H24N4O2. The molecule has 3 aromatic rings. The third kappa shape index (κ3) is 3.43. The number of imidazole rings is 1. The molecule has 2 heterocycles. The molecule has 1 amide bonds. The number of aryl methyl sites for hydroxylation is 3. The van der Waals surface area contributed by atoms with Gasteiger partial charge in [0, 0.05) is 19.0 Å². The molecule has 6 heteroatoms. The van der Waals surface area contributed by atoms with Gasteiger partial charge in [0.25, 0.3) is 5.91 Å². The number of carbonyl (C=O) groups is 1. The first-order valence-corrected chi connectivity index (χ1v) is 8.65. The minimum absolute atomic E-state index is 0.116. The van der Waals surface area contributed by atoms with Gasteiger partial charge in [-0.05, 0) is 32.4 Å². The first-order valence-electron chi connectivity index (χ1n) is 8.65. The maximum absolute atomic E-state index is 12.5. The predicted molar refractivity (Wildman–Crippen MR) is 96.7 cm³/mol. The van der Waals surface area contributed by atoms with Crippen LogP contribution in [-0.4, -0.2) is 27.2 Å². The third-order valence-electron chi connectivity index (χ3n) is 4.33. The maximum Gasteiger partial charge on any atom is 0.256 e. The van der Waals surface area contributed by atoms with E-state index in [1.807, 2.05) is 39.0 Å². The monoisotopic (exact) mass is 340 g/mol. The second-order valence-electron chi connectivity index (χ2n) is 6.57. The van der Waals surface area contributed by atoms with E-state index in [0.29, 0.717) is 23.6 Å². The SMILES string of the molecule is Cc1noc(C(C)C)c1C(=O)NCCCn1c(C)nc2ccccc21. The predicted octanol–water partition coefficient (Wildman–Crippen LogP) is 3.58. The van der Waals surface area contributed by atoms with Gasteiger partial charge in [-0.15, -0.1) is 0 Å². The van der Waals surface area contributed by atoms with Crippen LogP contribution in [0.1, 0.15) is 53.8 Å². The average molecular weight is 340 g/mol. The number of amides is 1. The Morgan fingerprint density at radius 3 is 2.80 bits per heavy atom. The highest BCUT2D eigenvalue weighted by molar-refractivity contribution is 5.96. The molecule has 1 aromatic carbocycles. The number of fused-ring (bicyclic) bond motifs is 1. The van der Waals surface area contributed by atoms with Crippen molar-refractivity contribution >= 4 is 16.9 Å². The molecule has 0 saturated heterocycles. The second-order valence-corrected chi connectivity index (χ2v) is 6.57. The quantitative estimate of drug-likeness (QED) is 0.696. The number of aromatic nitrogens is 3. The van der Waals surface area contributed by atoms with E-state index in [0.717, 1.165) is 29.8 Å². The van der Waals surface area contributed by atoms with Crippen LogP contribution in [0.5, 0.6) is 0 Å². The molecule has 0 saturated carbocycles.